The molecule has 3 amide bonds. The van der Waals surface area contributed by atoms with Gasteiger partial charge in [-0.3, -0.25) is 24.0 Å². The van der Waals surface area contributed by atoms with Gasteiger partial charge in [-0.2, -0.15) is 11.8 Å². The van der Waals surface area contributed by atoms with Crippen LogP contribution in [-0.4, -0.2) is 92.1 Å². The third kappa shape index (κ3) is 9.89. The largest absolute Gasteiger partial charge is 0.481 e. The normalized spacial score (nSPS) is 13.9. The van der Waals surface area contributed by atoms with Crippen LogP contribution >= 0.6 is 11.8 Å². The molecule has 4 atom stereocenters. The molecule has 1 aromatic heterocycles. The summed E-state index contributed by atoms with van der Waals surface area (Å²) in [5.41, 5.74) is 7.16. The van der Waals surface area contributed by atoms with Gasteiger partial charge < -0.3 is 42.0 Å². The fourth-order valence-electron chi connectivity index (χ4n) is 3.84. The van der Waals surface area contributed by atoms with Crippen LogP contribution in [0.25, 0.3) is 10.9 Å². The number of benzene rings is 1. The predicted octanol–water partition coefficient (Wildman–Crippen LogP) is -0.331. The van der Waals surface area contributed by atoms with Gasteiger partial charge in [0, 0.05) is 29.9 Å². The minimum absolute atomic E-state index is 0.0810. The summed E-state index contributed by atoms with van der Waals surface area (Å²) in [5.74, 6) is -6.11. The Hall–Kier alpha value is -4.11. The molecule has 0 spiro atoms. The van der Waals surface area contributed by atoms with Crippen molar-refractivity contribution in [2.24, 2.45) is 5.73 Å². The van der Waals surface area contributed by atoms with Gasteiger partial charge in [0.15, 0.2) is 0 Å². The molecule has 14 nitrogen and oxygen atoms in total. The number of amides is 3. The summed E-state index contributed by atoms with van der Waals surface area (Å²) < 4.78 is 0. The van der Waals surface area contributed by atoms with Crippen molar-refractivity contribution in [3.05, 3.63) is 36.0 Å². The molecule has 0 fully saturated rings. The highest BCUT2D eigenvalue weighted by molar-refractivity contribution is 7.98. The summed E-state index contributed by atoms with van der Waals surface area (Å²) in [6, 6.07) is 1.79. The highest BCUT2D eigenvalue weighted by Gasteiger charge is 2.31. The van der Waals surface area contributed by atoms with Crippen molar-refractivity contribution in [2.75, 3.05) is 12.0 Å². The van der Waals surface area contributed by atoms with Crippen LogP contribution in [0.2, 0.25) is 0 Å². The van der Waals surface area contributed by atoms with Crippen molar-refractivity contribution >= 4 is 58.3 Å². The Balaban J connectivity index is 2.29. The second-order valence-electron chi connectivity index (χ2n) is 9.00. The Morgan fingerprint density at radius 3 is 2.12 bits per heavy atom. The van der Waals surface area contributed by atoms with Gasteiger partial charge in [0.1, 0.15) is 18.1 Å². The van der Waals surface area contributed by atoms with E-state index >= 15 is 0 Å². The first-order valence-electron chi connectivity index (χ1n) is 12.3. The molecule has 40 heavy (non-hydrogen) atoms. The monoisotopic (exact) mass is 579 g/mol. The number of fused-ring (bicyclic) bond motifs is 1. The van der Waals surface area contributed by atoms with Crippen molar-refractivity contribution in [3.8, 4) is 0 Å². The SMILES string of the molecule is CSCC[C@H](NC(=O)[C@@H](N)CCC(=O)O)C(=O)N[C@@H](Cc1c[nH]c2ccccc12)C(=O)N[C@@H](CC(=O)O)C(=O)O. The van der Waals surface area contributed by atoms with Crippen molar-refractivity contribution in [1.82, 2.24) is 20.9 Å². The fraction of sp³-hybridized carbons (Fsp3) is 0.440. The molecule has 0 unspecified atom stereocenters. The van der Waals surface area contributed by atoms with Crippen LogP contribution < -0.4 is 21.7 Å². The van der Waals surface area contributed by atoms with Gasteiger partial charge in [-0.15, -0.1) is 0 Å². The van der Waals surface area contributed by atoms with Crippen molar-refractivity contribution in [2.45, 2.75) is 56.3 Å². The quantitative estimate of drug-likeness (QED) is 0.121. The van der Waals surface area contributed by atoms with E-state index in [-0.39, 0.29) is 25.7 Å². The maximum absolute atomic E-state index is 13.3. The fourth-order valence-corrected chi connectivity index (χ4v) is 4.31. The molecule has 0 saturated heterocycles. The van der Waals surface area contributed by atoms with Gasteiger partial charge in [-0.1, -0.05) is 18.2 Å². The minimum atomic E-state index is -1.74. The number of carboxylic acids is 3. The first-order chi connectivity index (χ1) is 18.9. The number of thioether (sulfide) groups is 1. The Labute approximate surface area is 233 Å². The molecular weight excluding hydrogens is 546 g/mol. The molecule has 218 valence electrons. The highest BCUT2D eigenvalue weighted by Crippen LogP contribution is 2.19. The van der Waals surface area contributed by atoms with Crippen LogP contribution in [0.5, 0.6) is 0 Å². The van der Waals surface area contributed by atoms with Crippen molar-refractivity contribution in [1.29, 1.82) is 0 Å². The molecule has 1 heterocycles. The van der Waals surface area contributed by atoms with E-state index in [9.17, 15) is 33.9 Å². The Morgan fingerprint density at radius 2 is 1.50 bits per heavy atom. The lowest BCUT2D eigenvalue weighted by Gasteiger charge is -2.25. The number of carboxylic acid groups (broad SMARTS) is 3. The molecule has 0 aliphatic rings. The number of carbonyl (C=O) groups is 6. The number of aliphatic carboxylic acids is 3. The maximum atomic E-state index is 13.3. The van der Waals surface area contributed by atoms with E-state index in [2.05, 4.69) is 20.9 Å². The average Bonchev–Trinajstić information content (AvgIpc) is 3.30. The molecule has 15 heteroatoms. The summed E-state index contributed by atoms with van der Waals surface area (Å²) in [7, 11) is 0. The topological polar surface area (TPSA) is 241 Å². The Bertz CT molecular complexity index is 1230. The molecule has 0 bridgehead atoms. The summed E-state index contributed by atoms with van der Waals surface area (Å²) in [4.78, 5) is 75.6. The van der Waals surface area contributed by atoms with Gasteiger partial charge in [0.2, 0.25) is 17.7 Å². The third-order valence-electron chi connectivity index (χ3n) is 5.97. The van der Waals surface area contributed by atoms with Gasteiger partial charge in [0.25, 0.3) is 0 Å². The standard InChI is InChI=1S/C25H33N5O9S/c1-40-9-8-17(28-22(35)15(26)6-7-20(31)32)23(36)29-18(24(37)30-19(25(38)39)11-21(33)34)10-13-12-27-16-5-3-2-4-14(13)16/h2-5,12,15,17-19,27H,6-11,26H2,1H3,(H,28,35)(H,29,36)(H,30,37)(H,31,32)(H,33,34)(H,38,39)/t15-,17-,18-,19-/m0/s1. The van der Waals surface area contributed by atoms with Crippen LogP contribution in [0, 0.1) is 0 Å². The lowest BCUT2D eigenvalue weighted by Crippen LogP contribution is -2.57. The highest BCUT2D eigenvalue weighted by atomic mass is 32.2. The molecular formula is C25H33N5O9S. The lowest BCUT2D eigenvalue weighted by molar-refractivity contribution is -0.147. The van der Waals surface area contributed by atoms with E-state index < -0.39 is 66.2 Å². The Morgan fingerprint density at radius 1 is 0.875 bits per heavy atom. The van der Waals surface area contributed by atoms with Gasteiger partial charge in [-0.25, -0.2) is 4.79 Å². The van der Waals surface area contributed by atoms with Crippen LogP contribution in [0.3, 0.4) is 0 Å². The van der Waals surface area contributed by atoms with E-state index in [1.165, 1.54) is 11.8 Å². The molecule has 2 rings (SSSR count). The van der Waals surface area contributed by atoms with Gasteiger partial charge in [-0.05, 0) is 36.5 Å². The molecule has 0 aliphatic heterocycles. The minimum Gasteiger partial charge on any atom is -0.481 e. The number of rotatable bonds is 17. The number of para-hydroxylation sites is 1. The van der Waals surface area contributed by atoms with E-state index in [1.807, 2.05) is 0 Å². The summed E-state index contributed by atoms with van der Waals surface area (Å²) in [6.45, 7) is 0. The van der Waals surface area contributed by atoms with Crippen LogP contribution in [0.4, 0.5) is 0 Å². The smallest absolute Gasteiger partial charge is 0.326 e. The van der Waals surface area contributed by atoms with Gasteiger partial charge >= 0.3 is 17.9 Å². The summed E-state index contributed by atoms with van der Waals surface area (Å²) >= 11 is 1.40. The maximum Gasteiger partial charge on any atom is 0.326 e. The second kappa shape index (κ2) is 15.5. The van der Waals surface area contributed by atoms with E-state index in [0.29, 0.717) is 11.3 Å². The third-order valence-corrected chi connectivity index (χ3v) is 6.62. The molecule has 0 saturated carbocycles. The number of nitrogens with two attached hydrogens (primary N) is 1. The molecule has 9 N–H and O–H groups in total. The summed E-state index contributed by atoms with van der Waals surface area (Å²) in [5, 5.41) is 35.2. The number of carbonyl (C=O) groups excluding carboxylic acids is 3. The molecule has 1 aromatic carbocycles. The van der Waals surface area contributed by atoms with Gasteiger partial charge in [0.05, 0.1) is 12.5 Å². The molecule has 0 aliphatic carbocycles. The van der Waals surface area contributed by atoms with Crippen molar-refractivity contribution in [3.63, 3.8) is 0 Å². The zero-order valence-corrected chi connectivity index (χ0v) is 22.5. The van der Waals surface area contributed by atoms with Crippen LogP contribution in [0.15, 0.2) is 30.5 Å². The molecule has 2 aromatic rings. The molecule has 0 radical (unpaired) electrons. The number of aromatic nitrogens is 1. The zero-order valence-electron chi connectivity index (χ0n) is 21.7. The number of aromatic amines is 1. The lowest BCUT2D eigenvalue weighted by atomic mass is 10.0. The number of H-pyrrole nitrogens is 1. The number of nitrogens with one attached hydrogen (secondary N) is 4. The predicted molar refractivity (Wildman–Crippen MR) is 146 cm³/mol. The summed E-state index contributed by atoms with van der Waals surface area (Å²) in [6.07, 6.45) is 2.13. The average molecular weight is 580 g/mol. The second-order valence-corrected chi connectivity index (χ2v) is 9.99. The van der Waals surface area contributed by atoms with Crippen LogP contribution in [-0.2, 0) is 35.2 Å². The number of hydrogen-bond donors (Lipinski definition) is 8. The number of hydrogen-bond acceptors (Lipinski definition) is 8. The Kier molecular flexibility index (Phi) is 12.4. The van der Waals surface area contributed by atoms with E-state index in [0.717, 1.165) is 10.9 Å². The zero-order chi connectivity index (χ0) is 29.8. The van der Waals surface area contributed by atoms with E-state index in [4.69, 9.17) is 15.9 Å². The first-order valence-corrected chi connectivity index (χ1v) is 13.7. The van der Waals surface area contributed by atoms with Crippen LogP contribution in [0.1, 0.15) is 31.2 Å². The van der Waals surface area contributed by atoms with E-state index in [1.54, 1.807) is 36.7 Å². The first kappa shape index (κ1) is 32.1. The van der Waals surface area contributed by atoms with Crippen molar-refractivity contribution < 1.29 is 44.1 Å².